The van der Waals surface area contributed by atoms with Crippen LogP contribution in [0.2, 0.25) is 0 Å². The zero-order chi connectivity index (χ0) is 18.9. The van der Waals surface area contributed by atoms with Crippen molar-refractivity contribution in [2.75, 3.05) is 24.7 Å². The largest absolute Gasteiger partial charge is 0.494 e. The molecule has 0 N–H and O–H groups in total. The minimum absolute atomic E-state index is 0.0570. The second-order valence-electron chi connectivity index (χ2n) is 5.79. The van der Waals surface area contributed by atoms with Crippen LogP contribution in [0.25, 0.3) is 5.69 Å². The van der Waals surface area contributed by atoms with Gasteiger partial charge in [0, 0.05) is 6.07 Å². The van der Waals surface area contributed by atoms with Crippen molar-refractivity contribution in [1.29, 1.82) is 0 Å². The van der Waals surface area contributed by atoms with Gasteiger partial charge in [0.1, 0.15) is 17.2 Å². The Bertz CT molecular complexity index is 986. The molecule has 0 saturated carbocycles. The van der Waals surface area contributed by atoms with E-state index in [1.807, 2.05) is 6.92 Å². The molecule has 3 rings (SSSR count). The summed E-state index contributed by atoms with van der Waals surface area (Å²) in [5.41, 5.74) is -0.910. The molecule has 0 radical (unpaired) electrons. The van der Waals surface area contributed by atoms with Gasteiger partial charge in [-0.3, -0.25) is 0 Å². The number of hydrogen-bond acceptors (Lipinski definition) is 6. The van der Waals surface area contributed by atoms with Crippen molar-refractivity contribution in [2.24, 2.45) is 0 Å². The fraction of sp³-hybridized carbons (Fsp3) is 0.500. The van der Waals surface area contributed by atoms with Crippen LogP contribution in [0.4, 0.5) is 0 Å². The number of ether oxygens (including phenoxy) is 2. The first-order valence-corrected chi connectivity index (χ1v) is 10.2. The quantitative estimate of drug-likeness (QED) is 0.722. The Balaban J connectivity index is 2.19. The smallest absolute Gasteiger partial charge is 0.351 e. The molecular formula is C16H21N3O6S. The molecule has 0 saturated heterocycles. The van der Waals surface area contributed by atoms with Gasteiger partial charge in [0.05, 0.1) is 37.8 Å². The maximum atomic E-state index is 12.8. The van der Waals surface area contributed by atoms with Crippen LogP contribution in [0.1, 0.15) is 13.8 Å². The molecule has 0 unspecified atom stereocenters. The van der Waals surface area contributed by atoms with Crippen LogP contribution in [0, 0.1) is 0 Å². The molecule has 1 aliphatic heterocycles. The Morgan fingerprint density at radius 2 is 1.54 bits per heavy atom. The summed E-state index contributed by atoms with van der Waals surface area (Å²) in [4.78, 5) is 25.7. The maximum absolute atomic E-state index is 12.8. The molecule has 0 amide bonds. The molecular weight excluding hydrogens is 362 g/mol. The van der Waals surface area contributed by atoms with E-state index < -0.39 is 21.2 Å². The molecule has 10 heteroatoms. The van der Waals surface area contributed by atoms with E-state index in [9.17, 15) is 18.0 Å². The van der Waals surface area contributed by atoms with Gasteiger partial charge in [0.15, 0.2) is 9.84 Å². The van der Waals surface area contributed by atoms with E-state index in [1.54, 1.807) is 25.1 Å². The minimum atomic E-state index is -3.27. The Morgan fingerprint density at radius 3 is 2.08 bits per heavy atom. The average Bonchev–Trinajstić information content (AvgIpc) is 2.72. The van der Waals surface area contributed by atoms with Crippen molar-refractivity contribution in [2.45, 2.75) is 26.9 Å². The molecule has 1 aliphatic rings. The summed E-state index contributed by atoms with van der Waals surface area (Å²) in [5, 5.41) is 0. The predicted molar refractivity (Wildman–Crippen MR) is 95.3 cm³/mol. The first-order valence-electron chi connectivity index (χ1n) is 8.41. The Hall–Kier alpha value is -2.49. The van der Waals surface area contributed by atoms with E-state index >= 15 is 0 Å². The molecule has 0 atom stereocenters. The van der Waals surface area contributed by atoms with Gasteiger partial charge in [-0.1, -0.05) is 0 Å². The van der Waals surface area contributed by atoms with Crippen molar-refractivity contribution in [3.8, 4) is 17.2 Å². The summed E-state index contributed by atoms with van der Waals surface area (Å²) in [7, 11) is -3.27. The van der Waals surface area contributed by atoms with E-state index in [4.69, 9.17) is 9.47 Å². The van der Waals surface area contributed by atoms with Gasteiger partial charge in [-0.25, -0.2) is 31.9 Å². The normalized spacial score (nSPS) is 15.9. The Labute approximate surface area is 150 Å². The number of rotatable bonds is 5. The molecule has 26 heavy (non-hydrogen) atoms. The van der Waals surface area contributed by atoms with Gasteiger partial charge in [-0.05, 0) is 26.0 Å². The lowest BCUT2D eigenvalue weighted by Gasteiger charge is -2.12. The number of nitrogens with zero attached hydrogens (tertiary/aromatic N) is 3. The van der Waals surface area contributed by atoms with Crippen LogP contribution in [0.3, 0.4) is 0 Å². The molecule has 1 aromatic carbocycles. The van der Waals surface area contributed by atoms with Gasteiger partial charge in [-0.2, -0.15) is 0 Å². The van der Waals surface area contributed by atoms with Crippen molar-refractivity contribution >= 4 is 9.84 Å². The first-order chi connectivity index (χ1) is 12.4. The summed E-state index contributed by atoms with van der Waals surface area (Å²) in [6.07, 6.45) is 0. The number of hydrogen-bond donors (Lipinski definition) is 0. The number of benzene rings is 1. The van der Waals surface area contributed by atoms with Crippen LogP contribution < -0.4 is 20.9 Å². The van der Waals surface area contributed by atoms with Crippen molar-refractivity contribution in [1.82, 2.24) is 13.9 Å². The zero-order valence-electron chi connectivity index (χ0n) is 14.7. The van der Waals surface area contributed by atoms with Crippen LogP contribution in [-0.4, -0.2) is 47.1 Å². The van der Waals surface area contributed by atoms with Crippen molar-refractivity contribution in [3.05, 3.63) is 39.2 Å². The molecule has 142 valence electrons. The predicted octanol–water partition coefficient (Wildman–Crippen LogP) is 0.0265. The lowest BCUT2D eigenvalue weighted by molar-refractivity contribution is 0.329. The van der Waals surface area contributed by atoms with E-state index in [-0.39, 0.29) is 30.3 Å². The molecule has 2 heterocycles. The summed E-state index contributed by atoms with van der Waals surface area (Å²) >= 11 is 0. The standard InChI is InChI=1S/C16H21N3O6S/c1-3-24-12-5-6-14(25-4-2)13(11-12)19-15(20)17-7-9-26(22,23)10-8-18(17)16(19)21/h5-6,11H,3-4,7-10H2,1-2H3. The third-order valence-electron chi connectivity index (χ3n) is 4.13. The fourth-order valence-corrected chi connectivity index (χ4v) is 4.02. The Morgan fingerprint density at radius 1 is 0.962 bits per heavy atom. The topological polar surface area (TPSA) is 102 Å². The molecule has 1 aromatic heterocycles. The molecule has 0 fully saturated rings. The van der Waals surface area contributed by atoms with Crippen LogP contribution in [-0.2, 0) is 22.9 Å². The summed E-state index contributed by atoms with van der Waals surface area (Å²) in [6, 6.07) is 4.93. The summed E-state index contributed by atoms with van der Waals surface area (Å²) < 4.78 is 38.0. The van der Waals surface area contributed by atoms with Crippen LogP contribution in [0.5, 0.6) is 11.5 Å². The van der Waals surface area contributed by atoms with Gasteiger partial charge in [0.2, 0.25) is 0 Å². The highest BCUT2D eigenvalue weighted by Gasteiger charge is 2.25. The average molecular weight is 383 g/mol. The van der Waals surface area contributed by atoms with E-state index in [2.05, 4.69) is 0 Å². The van der Waals surface area contributed by atoms with Crippen molar-refractivity contribution in [3.63, 3.8) is 0 Å². The second-order valence-corrected chi connectivity index (χ2v) is 8.10. The van der Waals surface area contributed by atoms with Gasteiger partial charge >= 0.3 is 11.4 Å². The van der Waals surface area contributed by atoms with Crippen LogP contribution >= 0.6 is 0 Å². The fourth-order valence-electron chi connectivity index (χ4n) is 2.92. The minimum Gasteiger partial charge on any atom is -0.494 e. The number of sulfone groups is 1. The van der Waals surface area contributed by atoms with Gasteiger partial charge < -0.3 is 9.47 Å². The highest BCUT2D eigenvalue weighted by atomic mass is 32.2. The van der Waals surface area contributed by atoms with Gasteiger partial charge in [0.25, 0.3) is 0 Å². The highest BCUT2D eigenvalue weighted by Crippen LogP contribution is 2.26. The number of aromatic nitrogens is 3. The molecule has 0 aliphatic carbocycles. The second kappa shape index (κ2) is 7.02. The SMILES string of the molecule is CCOc1ccc(OCC)c(-n2c(=O)n3n(c2=O)CCS(=O)(=O)CC3)c1. The summed E-state index contributed by atoms with van der Waals surface area (Å²) in [6.45, 7) is 4.32. The van der Waals surface area contributed by atoms with Crippen molar-refractivity contribution < 1.29 is 17.9 Å². The maximum Gasteiger partial charge on any atom is 0.351 e. The van der Waals surface area contributed by atoms with E-state index in [0.29, 0.717) is 24.7 Å². The lowest BCUT2D eigenvalue weighted by atomic mass is 10.2. The Kier molecular flexibility index (Phi) is 4.94. The first kappa shape index (κ1) is 18.3. The van der Waals surface area contributed by atoms with Crippen LogP contribution in [0.15, 0.2) is 27.8 Å². The molecule has 9 nitrogen and oxygen atoms in total. The zero-order valence-corrected chi connectivity index (χ0v) is 15.5. The molecule has 2 aromatic rings. The summed E-state index contributed by atoms with van der Waals surface area (Å²) in [5.74, 6) is 0.539. The van der Waals surface area contributed by atoms with E-state index in [1.165, 1.54) is 9.36 Å². The van der Waals surface area contributed by atoms with Gasteiger partial charge in [-0.15, -0.1) is 0 Å². The van der Waals surface area contributed by atoms with E-state index in [0.717, 1.165) is 4.57 Å². The number of fused-ring (bicyclic) bond motifs is 1. The molecule has 0 bridgehead atoms. The lowest BCUT2D eigenvalue weighted by Crippen LogP contribution is -2.29. The highest BCUT2D eigenvalue weighted by molar-refractivity contribution is 7.91. The third-order valence-corrected chi connectivity index (χ3v) is 5.74. The third kappa shape index (κ3) is 3.28. The molecule has 0 spiro atoms. The monoisotopic (exact) mass is 383 g/mol.